The molecule has 1 aliphatic rings. The molecular formula is C12H19N3O2. The monoisotopic (exact) mass is 237 g/mol. The summed E-state index contributed by atoms with van der Waals surface area (Å²) in [5.41, 5.74) is 3.11. The summed E-state index contributed by atoms with van der Waals surface area (Å²) in [4.78, 5) is 16.8. The normalized spacial score (nSPS) is 17.0. The first-order valence-corrected chi connectivity index (χ1v) is 6.12. The lowest BCUT2D eigenvalue weighted by molar-refractivity contribution is 0.0354. The van der Waals surface area contributed by atoms with E-state index < -0.39 is 0 Å². The van der Waals surface area contributed by atoms with Gasteiger partial charge in [-0.25, -0.2) is 5.48 Å². The summed E-state index contributed by atoms with van der Waals surface area (Å²) in [6, 6.07) is 4.15. The van der Waals surface area contributed by atoms with E-state index in [0.29, 0.717) is 18.3 Å². The quantitative estimate of drug-likeness (QED) is 0.771. The second-order valence-corrected chi connectivity index (χ2v) is 4.15. The largest absolute Gasteiger partial charge is 0.340 e. The van der Waals surface area contributed by atoms with Crippen LogP contribution in [-0.4, -0.2) is 30.2 Å². The number of piperidine rings is 1. The number of carbonyl (C=O) groups is 1. The Morgan fingerprint density at radius 2 is 2.35 bits per heavy atom. The molecule has 0 atom stereocenters. The van der Waals surface area contributed by atoms with Gasteiger partial charge in [-0.1, -0.05) is 0 Å². The van der Waals surface area contributed by atoms with E-state index in [0.717, 1.165) is 25.9 Å². The van der Waals surface area contributed by atoms with E-state index in [1.165, 1.54) is 0 Å². The first kappa shape index (κ1) is 12.1. The van der Waals surface area contributed by atoms with Crippen LogP contribution in [-0.2, 0) is 4.84 Å². The van der Waals surface area contributed by atoms with Gasteiger partial charge in [0, 0.05) is 12.2 Å². The first-order valence-electron chi connectivity index (χ1n) is 6.12. The highest BCUT2D eigenvalue weighted by molar-refractivity contribution is 5.92. The molecule has 1 fully saturated rings. The zero-order chi connectivity index (χ0) is 12.1. The van der Waals surface area contributed by atoms with Crippen LogP contribution >= 0.6 is 0 Å². The van der Waals surface area contributed by atoms with Crippen molar-refractivity contribution in [1.82, 2.24) is 15.4 Å². The Hall–Kier alpha value is -1.33. The molecule has 2 heterocycles. The molecule has 0 unspecified atom stereocenters. The van der Waals surface area contributed by atoms with Crippen molar-refractivity contribution in [3.63, 3.8) is 0 Å². The summed E-state index contributed by atoms with van der Waals surface area (Å²) < 4.78 is 2.05. The molecule has 5 nitrogen and oxygen atoms in total. The molecule has 1 saturated heterocycles. The molecule has 0 spiro atoms. The lowest BCUT2D eigenvalue weighted by Gasteiger charge is -2.25. The Balaban J connectivity index is 2.07. The minimum Gasteiger partial charge on any atom is -0.340 e. The van der Waals surface area contributed by atoms with Crippen molar-refractivity contribution in [2.24, 2.45) is 0 Å². The van der Waals surface area contributed by atoms with Crippen LogP contribution in [0.1, 0.15) is 36.3 Å². The van der Waals surface area contributed by atoms with Gasteiger partial charge in [0.05, 0.1) is 6.61 Å². The highest BCUT2D eigenvalue weighted by Crippen LogP contribution is 2.21. The number of hydrogen-bond acceptors (Lipinski definition) is 3. The molecule has 1 amide bonds. The smallest absolute Gasteiger partial charge is 0.291 e. The van der Waals surface area contributed by atoms with Gasteiger partial charge < -0.3 is 9.88 Å². The fraction of sp³-hybridized carbons (Fsp3) is 0.583. The molecule has 0 radical (unpaired) electrons. The van der Waals surface area contributed by atoms with Crippen LogP contribution < -0.4 is 10.8 Å². The Morgan fingerprint density at radius 3 is 3.06 bits per heavy atom. The minimum atomic E-state index is -0.171. The third-order valence-electron chi connectivity index (χ3n) is 3.02. The van der Waals surface area contributed by atoms with Gasteiger partial charge >= 0.3 is 0 Å². The summed E-state index contributed by atoms with van der Waals surface area (Å²) in [5.74, 6) is -0.171. The second-order valence-electron chi connectivity index (χ2n) is 4.15. The molecule has 0 aliphatic carbocycles. The molecule has 2 N–H and O–H groups in total. The number of carbonyl (C=O) groups excluding carboxylic acids is 1. The molecule has 1 aromatic rings. The van der Waals surface area contributed by atoms with Crippen molar-refractivity contribution in [2.75, 3.05) is 19.7 Å². The highest BCUT2D eigenvalue weighted by Gasteiger charge is 2.19. The third kappa shape index (κ3) is 2.87. The van der Waals surface area contributed by atoms with Gasteiger partial charge in [0.25, 0.3) is 5.91 Å². The van der Waals surface area contributed by atoms with Crippen LogP contribution in [0, 0.1) is 0 Å². The zero-order valence-corrected chi connectivity index (χ0v) is 10.1. The maximum Gasteiger partial charge on any atom is 0.291 e. The van der Waals surface area contributed by atoms with Crippen LogP contribution in [0.5, 0.6) is 0 Å². The predicted molar refractivity (Wildman–Crippen MR) is 64.7 cm³/mol. The van der Waals surface area contributed by atoms with E-state index in [1.807, 2.05) is 25.3 Å². The Labute approximate surface area is 101 Å². The molecule has 17 heavy (non-hydrogen) atoms. The van der Waals surface area contributed by atoms with Gasteiger partial charge in [-0.15, -0.1) is 0 Å². The summed E-state index contributed by atoms with van der Waals surface area (Å²) in [5, 5.41) is 3.32. The van der Waals surface area contributed by atoms with Gasteiger partial charge in [0.1, 0.15) is 5.69 Å². The molecular weight excluding hydrogens is 218 g/mol. The predicted octanol–water partition coefficient (Wildman–Crippen LogP) is 1.09. The van der Waals surface area contributed by atoms with Crippen molar-refractivity contribution in [1.29, 1.82) is 0 Å². The molecule has 5 heteroatoms. The van der Waals surface area contributed by atoms with Crippen LogP contribution in [0.4, 0.5) is 0 Å². The number of nitrogens with one attached hydrogen (secondary N) is 2. The Kier molecular flexibility index (Phi) is 4.17. The van der Waals surface area contributed by atoms with Crippen LogP contribution in [0.2, 0.25) is 0 Å². The molecule has 1 aliphatic heterocycles. The lowest BCUT2D eigenvalue weighted by Crippen LogP contribution is -2.32. The van der Waals surface area contributed by atoms with Crippen molar-refractivity contribution < 1.29 is 9.63 Å². The average Bonchev–Trinajstić information content (AvgIpc) is 2.86. The zero-order valence-electron chi connectivity index (χ0n) is 10.1. The summed E-state index contributed by atoms with van der Waals surface area (Å²) in [6.45, 7) is 4.33. The maximum absolute atomic E-state index is 11.9. The fourth-order valence-corrected chi connectivity index (χ4v) is 2.18. The second kappa shape index (κ2) is 5.84. The number of hydrogen-bond donors (Lipinski definition) is 2. The van der Waals surface area contributed by atoms with E-state index in [9.17, 15) is 4.79 Å². The molecule has 0 saturated carbocycles. The van der Waals surface area contributed by atoms with Gasteiger partial charge in [-0.2, -0.15) is 0 Å². The standard InChI is InChI=1S/C12H19N3O2/c1-2-17-14-12(16)11-4-3-9-15(11)10-5-7-13-8-6-10/h3-4,9-10,13H,2,5-8H2,1H3,(H,14,16). The van der Waals surface area contributed by atoms with Crippen molar-refractivity contribution in [3.8, 4) is 0 Å². The number of rotatable bonds is 4. The fourth-order valence-electron chi connectivity index (χ4n) is 2.18. The molecule has 94 valence electrons. The SMILES string of the molecule is CCONC(=O)c1cccn1C1CCNCC1. The van der Waals surface area contributed by atoms with Crippen LogP contribution in [0.3, 0.4) is 0 Å². The molecule has 0 bridgehead atoms. The molecule has 0 aromatic carbocycles. The number of hydroxylamine groups is 1. The summed E-state index contributed by atoms with van der Waals surface area (Å²) in [6.07, 6.45) is 4.09. The van der Waals surface area contributed by atoms with Gasteiger partial charge in [-0.05, 0) is 45.0 Å². The minimum absolute atomic E-state index is 0.171. The van der Waals surface area contributed by atoms with E-state index in [4.69, 9.17) is 4.84 Å². The highest BCUT2D eigenvalue weighted by atomic mass is 16.6. The Bertz CT molecular complexity index is 370. The topological polar surface area (TPSA) is 55.3 Å². The van der Waals surface area contributed by atoms with Crippen LogP contribution in [0.15, 0.2) is 18.3 Å². The molecule has 1 aromatic heterocycles. The summed E-state index contributed by atoms with van der Waals surface area (Å²) in [7, 11) is 0. The Morgan fingerprint density at radius 1 is 1.59 bits per heavy atom. The third-order valence-corrected chi connectivity index (χ3v) is 3.02. The average molecular weight is 237 g/mol. The van der Waals surface area contributed by atoms with Gasteiger partial charge in [0.15, 0.2) is 0 Å². The number of nitrogens with zero attached hydrogens (tertiary/aromatic N) is 1. The van der Waals surface area contributed by atoms with E-state index in [1.54, 1.807) is 0 Å². The summed E-state index contributed by atoms with van der Waals surface area (Å²) >= 11 is 0. The van der Waals surface area contributed by atoms with E-state index in [-0.39, 0.29) is 5.91 Å². The van der Waals surface area contributed by atoms with Crippen molar-refractivity contribution in [3.05, 3.63) is 24.0 Å². The molecule has 2 rings (SSSR count). The van der Waals surface area contributed by atoms with E-state index >= 15 is 0 Å². The number of aromatic nitrogens is 1. The van der Waals surface area contributed by atoms with Gasteiger partial charge in [-0.3, -0.25) is 9.63 Å². The van der Waals surface area contributed by atoms with Crippen LogP contribution in [0.25, 0.3) is 0 Å². The number of amides is 1. The van der Waals surface area contributed by atoms with Crippen molar-refractivity contribution >= 4 is 5.91 Å². The first-order chi connectivity index (χ1) is 8.33. The maximum atomic E-state index is 11.9. The lowest BCUT2D eigenvalue weighted by atomic mass is 10.1. The van der Waals surface area contributed by atoms with Gasteiger partial charge in [0.2, 0.25) is 0 Å². The van der Waals surface area contributed by atoms with Crippen molar-refractivity contribution in [2.45, 2.75) is 25.8 Å². The van der Waals surface area contributed by atoms with E-state index in [2.05, 4.69) is 15.4 Å².